The van der Waals surface area contributed by atoms with Gasteiger partial charge in [-0.3, -0.25) is 9.59 Å². The van der Waals surface area contributed by atoms with Crippen molar-refractivity contribution in [2.75, 3.05) is 18.6 Å². The minimum absolute atomic E-state index is 0.0544. The van der Waals surface area contributed by atoms with Crippen molar-refractivity contribution in [1.82, 2.24) is 10.2 Å². The summed E-state index contributed by atoms with van der Waals surface area (Å²) < 4.78 is 10.8. The number of nitrogens with one attached hydrogen (secondary N) is 1. The molecule has 1 spiro atoms. The maximum absolute atomic E-state index is 13.3. The molecule has 3 heterocycles. The number of ether oxygens (including phenoxy) is 2. The Bertz CT molecular complexity index is 920. The number of benzene rings is 1. The number of thiocarbonyl (C=S) groups is 1. The van der Waals surface area contributed by atoms with Crippen LogP contribution < -0.4 is 10.2 Å². The number of carbonyl (C=O) groups is 3. The Morgan fingerprint density at radius 3 is 2.70 bits per heavy atom. The minimum Gasteiger partial charge on any atom is -0.447 e. The fraction of sp³-hybridized carbons (Fsp3) is 0.412. The van der Waals surface area contributed by atoms with E-state index in [-0.39, 0.29) is 11.8 Å². The van der Waals surface area contributed by atoms with E-state index >= 15 is 0 Å². The van der Waals surface area contributed by atoms with Gasteiger partial charge in [-0.05, 0) is 44.3 Å². The quantitative estimate of drug-likeness (QED) is 0.704. The fourth-order valence-electron chi connectivity index (χ4n) is 3.77. The molecule has 0 aromatic heterocycles. The standard InChI is InChI=1S/C17H16ClN3O5S/c1-16(2)7-25-15(24)21(16)12(22)11-17(26-14(27)19-11)9-6-8(18)4-5-10(9)20(3)13(17)23/h4-6,11H,7H2,1-3H3,(H,19,27)/t11-,17-/m0/s1. The first kappa shape index (κ1) is 18.0. The van der Waals surface area contributed by atoms with Crippen molar-refractivity contribution in [2.24, 2.45) is 0 Å². The number of hydrogen-bond acceptors (Lipinski definition) is 6. The SMILES string of the molecule is CN1C(=O)[C@]2(OC(=S)N[C@H]2C(=O)N2C(=O)OCC2(C)C)c2cc(Cl)ccc21. The van der Waals surface area contributed by atoms with Crippen molar-refractivity contribution in [3.63, 3.8) is 0 Å². The zero-order chi connectivity index (χ0) is 19.7. The lowest BCUT2D eigenvalue weighted by Gasteiger charge is -2.32. The lowest BCUT2D eigenvalue weighted by molar-refractivity contribution is -0.145. The third kappa shape index (κ3) is 2.28. The second-order valence-corrected chi connectivity index (χ2v) is 8.08. The average molecular weight is 410 g/mol. The Morgan fingerprint density at radius 2 is 2.07 bits per heavy atom. The summed E-state index contributed by atoms with van der Waals surface area (Å²) in [5.74, 6) is -1.13. The number of carbonyl (C=O) groups excluding carboxylic acids is 3. The summed E-state index contributed by atoms with van der Waals surface area (Å²) in [4.78, 5) is 41.1. The number of hydrogen-bond donors (Lipinski definition) is 1. The molecule has 4 rings (SSSR count). The number of anilines is 1. The normalized spacial score (nSPS) is 28.3. The Labute approximate surface area is 165 Å². The molecule has 10 heteroatoms. The van der Waals surface area contributed by atoms with Gasteiger partial charge >= 0.3 is 6.09 Å². The summed E-state index contributed by atoms with van der Waals surface area (Å²) in [7, 11) is 1.57. The molecule has 3 aliphatic heterocycles. The van der Waals surface area contributed by atoms with Gasteiger partial charge in [0.15, 0.2) is 6.04 Å². The van der Waals surface area contributed by atoms with Gasteiger partial charge in [0.05, 0.1) is 11.2 Å². The molecule has 1 N–H and O–H groups in total. The minimum atomic E-state index is -1.73. The van der Waals surface area contributed by atoms with Crippen molar-refractivity contribution < 1.29 is 23.9 Å². The summed E-state index contributed by atoms with van der Waals surface area (Å²) in [5, 5.41) is 3.03. The second kappa shape index (κ2) is 5.56. The number of rotatable bonds is 1. The molecule has 3 aliphatic rings. The Kier molecular flexibility index (Phi) is 3.70. The van der Waals surface area contributed by atoms with Crippen LogP contribution in [0, 0.1) is 0 Å². The van der Waals surface area contributed by atoms with Gasteiger partial charge in [0, 0.05) is 17.6 Å². The van der Waals surface area contributed by atoms with E-state index in [4.69, 9.17) is 33.3 Å². The van der Waals surface area contributed by atoms with Crippen molar-refractivity contribution in [1.29, 1.82) is 0 Å². The van der Waals surface area contributed by atoms with Crippen LogP contribution in [0.4, 0.5) is 10.5 Å². The number of likely N-dealkylation sites (N-methyl/N-ethyl adjacent to an activating group) is 1. The van der Waals surface area contributed by atoms with Crippen molar-refractivity contribution >= 4 is 52.6 Å². The molecular weight excluding hydrogens is 394 g/mol. The first-order valence-corrected chi connectivity index (χ1v) is 8.97. The molecule has 1 aromatic carbocycles. The predicted molar refractivity (Wildman–Crippen MR) is 99.4 cm³/mol. The number of fused-ring (bicyclic) bond motifs is 2. The summed E-state index contributed by atoms with van der Waals surface area (Å²) in [5.41, 5.74) is -1.64. The topological polar surface area (TPSA) is 88.2 Å². The Morgan fingerprint density at radius 1 is 1.37 bits per heavy atom. The van der Waals surface area contributed by atoms with Crippen LogP contribution in [0.1, 0.15) is 19.4 Å². The van der Waals surface area contributed by atoms with Gasteiger partial charge in [0.25, 0.3) is 17.0 Å². The Hall–Kier alpha value is -2.39. The molecule has 0 radical (unpaired) electrons. The summed E-state index contributed by atoms with van der Waals surface area (Å²) in [6, 6.07) is 3.65. The molecule has 3 amide bonds. The van der Waals surface area contributed by atoms with E-state index in [1.54, 1.807) is 39.1 Å². The largest absolute Gasteiger partial charge is 0.447 e. The highest BCUT2D eigenvalue weighted by atomic mass is 35.5. The molecule has 0 aliphatic carbocycles. The average Bonchev–Trinajstić information content (AvgIpc) is 3.15. The molecule has 0 bridgehead atoms. The highest BCUT2D eigenvalue weighted by Gasteiger charge is 2.66. The van der Waals surface area contributed by atoms with E-state index in [2.05, 4.69) is 5.32 Å². The van der Waals surface area contributed by atoms with Crippen LogP contribution in [-0.4, -0.2) is 53.2 Å². The molecule has 2 fully saturated rings. The fourth-order valence-corrected chi connectivity index (χ4v) is 4.19. The van der Waals surface area contributed by atoms with Gasteiger partial charge in [-0.25, -0.2) is 9.69 Å². The Balaban J connectivity index is 1.87. The number of halogens is 1. The van der Waals surface area contributed by atoms with Crippen molar-refractivity contribution in [3.05, 3.63) is 28.8 Å². The maximum atomic E-state index is 13.3. The van der Waals surface area contributed by atoms with Crippen LogP contribution in [0.3, 0.4) is 0 Å². The summed E-state index contributed by atoms with van der Waals surface area (Å²) >= 11 is 11.2. The lowest BCUT2D eigenvalue weighted by Crippen LogP contribution is -2.60. The van der Waals surface area contributed by atoms with Gasteiger partial charge in [0.2, 0.25) is 5.60 Å². The van der Waals surface area contributed by atoms with Gasteiger partial charge in [-0.2, -0.15) is 0 Å². The molecule has 27 heavy (non-hydrogen) atoms. The van der Waals surface area contributed by atoms with Crippen LogP contribution in [-0.2, 0) is 24.7 Å². The highest BCUT2D eigenvalue weighted by Crippen LogP contribution is 2.48. The number of imide groups is 1. The molecule has 0 saturated carbocycles. The maximum Gasteiger partial charge on any atom is 0.417 e. The number of nitrogens with zero attached hydrogens (tertiary/aromatic N) is 2. The van der Waals surface area contributed by atoms with E-state index < -0.39 is 35.1 Å². The van der Waals surface area contributed by atoms with Gasteiger partial charge in [-0.15, -0.1) is 0 Å². The summed E-state index contributed by atoms with van der Waals surface area (Å²) in [6.07, 6.45) is -0.773. The van der Waals surface area contributed by atoms with Crippen molar-refractivity contribution in [3.8, 4) is 0 Å². The van der Waals surface area contributed by atoms with Crippen LogP contribution in [0.25, 0.3) is 0 Å². The molecule has 0 unspecified atom stereocenters. The van der Waals surface area contributed by atoms with E-state index in [0.29, 0.717) is 16.3 Å². The van der Waals surface area contributed by atoms with E-state index in [9.17, 15) is 14.4 Å². The highest BCUT2D eigenvalue weighted by molar-refractivity contribution is 7.80. The second-order valence-electron chi connectivity index (χ2n) is 7.27. The third-order valence-electron chi connectivity index (χ3n) is 5.07. The molecule has 8 nitrogen and oxygen atoms in total. The van der Waals surface area contributed by atoms with E-state index in [0.717, 1.165) is 4.90 Å². The molecule has 2 saturated heterocycles. The molecule has 1 aromatic rings. The van der Waals surface area contributed by atoms with Crippen LogP contribution in [0.15, 0.2) is 18.2 Å². The van der Waals surface area contributed by atoms with Crippen LogP contribution >= 0.6 is 23.8 Å². The van der Waals surface area contributed by atoms with Gasteiger partial charge in [-0.1, -0.05) is 11.6 Å². The first-order valence-electron chi connectivity index (χ1n) is 8.18. The lowest BCUT2D eigenvalue weighted by atomic mass is 9.86. The van der Waals surface area contributed by atoms with Gasteiger partial charge < -0.3 is 19.7 Å². The predicted octanol–water partition coefficient (Wildman–Crippen LogP) is 1.54. The third-order valence-corrected chi connectivity index (χ3v) is 5.51. The zero-order valence-corrected chi connectivity index (χ0v) is 16.3. The monoisotopic (exact) mass is 409 g/mol. The number of amides is 3. The molecular formula is C17H16ClN3O5S. The number of cyclic esters (lactones) is 1. The smallest absolute Gasteiger partial charge is 0.417 e. The molecule has 142 valence electrons. The summed E-state index contributed by atoms with van der Waals surface area (Å²) in [6.45, 7) is 3.45. The molecule has 2 atom stereocenters. The van der Waals surface area contributed by atoms with Crippen LogP contribution in [0.5, 0.6) is 0 Å². The van der Waals surface area contributed by atoms with Crippen molar-refractivity contribution in [2.45, 2.75) is 31.0 Å². The first-order chi connectivity index (χ1) is 12.6. The van der Waals surface area contributed by atoms with E-state index in [1.807, 2.05) is 0 Å². The van der Waals surface area contributed by atoms with E-state index in [1.165, 1.54) is 4.90 Å². The zero-order valence-electron chi connectivity index (χ0n) is 14.7. The van der Waals surface area contributed by atoms with Gasteiger partial charge in [0.1, 0.15) is 6.61 Å². The van der Waals surface area contributed by atoms with Crippen LogP contribution in [0.2, 0.25) is 5.02 Å².